The molecular weight excluding hydrogens is 278 g/mol. The summed E-state index contributed by atoms with van der Waals surface area (Å²) in [7, 11) is 2.14. The summed E-state index contributed by atoms with van der Waals surface area (Å²) in [5.74, 6) is 0.900. The monoisotopic (exact) mass is 305 g/mol. The van der Waals surface area contributed by atoms with Crippen LogP contribution in [0.25, 0.3) is 0 Å². The SMILES string of the molecule is CCCC(N)C(=O)NCc1ccnc(N2CCN(C)CC2)c1. The van der Waals surface area contributed by atoms with Crippen molar-refractivity contribution in [1.82, 2.24) is 15.2 Å². The fourth-order valence-electron chi connectivity index (χ4n) is 2.54. The van der Waals surface area contributed by atoms with E-state index in [4.69, 9.17) is 5.73 Å². The summed E-state index contributed by atoms with van der Waals surface area (Å²) in [6.07, 6.45) is 3.44. The quantitative estimate of drug-likeness (QED) is 0.804. The number of nitrogens with zero attached hydrogens (tertiary/aromatic N) is 3. The van der Waals surface area contributed by atoms with Crippen molar-refractivity contribution in [1.29, 1.82) is 0 Å². The Labute approximate surface area is 132 Å². The molecule has 6 heteroatoms. The van der Waals surface area contributed by atoms with Gasteiger partial charge in [0, 0.05) is 38.9 Å². The van der Waals surface area contributed by atoms with Gasteiger partial charge in [-0.05, 0) is 31.2 Å². The van der Waals surface area contributed by atoms with Gasteiger partial charge in [-0.25, -0.2) is 4.98 Å². The standard InChI is InChI=1S/C16H27N5O/c1-3-4-14(17)16(22)19-12-13-5-6-18-15(11-13)21-9-7-20(2)8-10-21/h5-6,11,14H,3-4,7-10,12,17H2,1-2H3,(H,19,22). The number of carbonyl (C=O) groups is 1. The fourth-order valence-corrected chi connectivity index (χ4v) is 2.54. The van der Waals surface area contributed by atoms with E-state index in [1.54, 1.807) is 6.20 Å². The second kappa shape index (κ2) is 8.10. The van der Waals surface area contributed by atoms with Crippen molar-refractivity contribution in [2.45, 2.75) is 32.4 Å². The third-order valence-electron chi connectivity index (χ3n) is 4.04. The van der Waals surface area contributed by atoms with Crippen molar-refractivity contribution in [3.8, 4) is 0 Å². The summed E-state index contributed by atoms with van der Waals surface area (Å²) >= 11 is 0. The van der Waals surface area contributed by atoms with Crippen molar-refractivity contribution in [3.05, 3.63) is 23.9 Å². The van der Waals surface area contributed by atoms with Gasteiger partial charge in [0.2, 0.25) is 5.91 Å². The van der Waals surface area contributed by atoms with Crippen LogP contribution in [-0.4, -0.2) is 55.1 Å². The second-order valence-electron chi connectivity index (χ2n) is 5.93. The number of rotatable bonds is 6. The molecule has 1 amide bonds. The summed E-state index contributed by atoms with van der Waals surface area (Å²) in [4.78, 5) is 20.9. The molecule has 6 nitrogen and oxygen atoms in total. The van der Waals surface area contributed by atoms with Crippen LogP contribution in [0.1, 0.15) is 25.3 Å². The van der Waals surface area contributed by atoms with E-state index in [1.807, 2.05) is 13.0 Å². The van der Waals surface area contributed by atoms with E-state index in [2.05, 4.69) is 33.2 Å². The molecule has 0 saturated carbocycles. The Hall–Kier alpha value is -1.66. The summed E-state index contributed by atoms with van der Waals surface area (Å²) in [6.45, 7) is 6.60. The van der Waals surface area contributed by atoms with E-state index in [9.17, 15) is 4.79 Å². The number of hydrogen-bond donors (Lipinski definition) is 2. The molecule has 1 saturated heterocycles. The second-order valence-corrected chi connectivity index (χ2v) is 5.93. The van der Waals surface area contributed by atoms with Gasteiger partial charge in [-0.3, -0.25) is 4.79 Å². The van der Waals surface area contributed by atoms with E-state index in [0.29, 0.717) is 13.0 Å². The predicted octanol–water partition coefficient (Wildman–Crippen LogP) is 0.577. The average molecular weight is 305 g/mol. The molecule has 2 heterocycles. The lowest BCUT2D eigenvalue weighted by Crippen LogP contribution is -2.44. The molecule has 122 valence electrons. The number of pyridine rings is 1. The molecule has 0 spiro atoms. The van der Waals surface area contributed by atoms with Gasteiger partial charge in [0.15, 0.2) is 0 Å². The number of likely N-dealkylation sites (N-methyl/N-ethyl adjacent to an activating group) is 1. The fraction of sp³-hybridized carbons (Fsp3) is 0.625. The molecule has 0 radical (unpaired) electrons. The van der Waals surface area contributed by atoms with Crippen LogP contribution in [0.4, 0.5) is 5.82 Å². The van der Waals surface area contributed by atoms with Crippen LogP contribution < -0.4 is 16.0 Å². The molecule has 2 rings (SSSR count). The van der Waals surface area contributed by atoms with Crippen molar-refractivity contribution < 1.29 is 4.79 Å². The molecule has 1 aliphatic rings. The number of amides is 1. The van der Waals surface area contributed by atoms with Crippen LogP contribution in [-0.2, 0) is 11.3 Å². The smallest absolute Gasteiger partial charge is 0.237 e. The van der Waals surface area contributed by atoms with Crippen molar-refractivity contribution in [2.75, 3.05) is 38.1 Å². The van der Waals surface area contributed by atoms with E-state index in [-0.39, 0.29) is 5.91 Å². The van der Waals surface area contributed by atoms with Crippen LogP contribution in [0.2, 0.25) is 0 Å². The number of nitrogens with two attached hydrogens (primary N) is 1. The van der Waals surface area contributed by atoms with Gasteiger partial charge in [-0.1, -0.05) is 13.3 Å². The van der Waals surface area contributed by atoms with Crippen LogP contribution in [0.5, 0.6) is 0 Å². The number of nitrogens with one attached hydrogen (secondary N) is 1. The summed E-state index contributed by atoms with van der Waals surface area (Å²) in [5, 5.41) is 2.90. The Morgan fingerprint density at radius 2 is 2.14 bits per heavy atom. The third-order valence-corrected chi connectivity index (χ3v) is 4.04. The number of carbonyl (C=O) groups excluding carboxylic acids is 1. The number of aromatic nitrogens is 1. The van der Waals surface area contributed by atoms with E-state index < -0.39 is 6.04 Å². The zero-order valence-electron chi connectivity index (χ0n) is 13.6. The number of anilines is 1. The average Bonchev–Trinajstić information content (AvgIpc) is 2.54. The van der Waals surface area contributed by atoms with Gasteiger partial charge in [-0.2, -0.15) is 0 Å². The van der Waals surface area contributed by atoms with Crippen molar-refractivity contribution >= 4 is 11.7 Å². The zero-order chi connectivity index (χ0) is 15.9. The lowest BCUT2D eigenvalue weighted by atomic mass is 10.1. The minimum Gasteiger partial charge on any atom is -0.354 e. The third kappa shape index (κ3) is 4.68. The van der Waals surface area contributed by atoms with Crippen molar-refractivity contribution in [2.24, 2.45) is 5.73 Å². The van der Waals surface area contributed by atoms with Crippen LogP contribution >= 0.6 is 0 Å². The maximum atomic E-state index is 11.9. The lowest BCUT2D eigenvalue weighted by molar-refractivity contribution is -0.122. The zero-order valence-corrected chi connectivity index (χ0v) is 13.6. The van der Waals surface area contributed by atoms with Crippen molar-refractivity contribution in [3.63, 3.8) is 0 Å². The molecule has 1 aromatic rings. The minimum absolute atomic E-state index is 0.0835. The van der Waals surface area contributed by atoms with E-state index >= 15 is 0 Å². The largest absolute Gasteiger partial charge is 0.354 e. The first-order valence-electron chi connectivity index (χ1n) is 8.02. The van der Waals surface area contributed by atoms with Gasteiger partial charge in [0.1, 0.15) is 5.82 Å². The number of piperazine rings is 1. The van der Waals surface area contributed by atoms with E-state index in [0.717, 1.165) is 44.0 Å². The first-order chi connectivity index (χ1) is 10.6. The summed E-state index contributed by atoms with van der Waals surface area (Å²) in [5.41, 5.74) is 6.87. The molecule has 22 heavy (non-hydrogen) atoms. The normalized spacial score (nSPS) is 17.3. The highest BCUT2D eigenvalue weighted by Gasteiger charge is 2.16. The Kier molecular flexibility index (Phi) is 6.15. The predicted molar refractivity (Wildman–Crippen MR) is 88.7 cm³/mol. The molecular formula is C16H27N5O. The molecule has 1 unspecified atom stereocenters. The van der Waals surface area contributed by atoms with Gasteiger partial charge in [0.25, 0.3) is 0 Å². The maximum absolute atomic E-state index is 11.9. The van der Waals surface area contributed by atoms with Gasteiger partial charge >= 0.3 is 0 Å². The van der Waals surface area contributed by atoms with E-state index in [1.165, 1.54) is 0 Å². The summed E-state index contributed by atoms with van der Waals surface area (Å²) < 4.78 is 0. The molecule has 1 aromatic heterocycles. The minimum atomic E-state index is -0.413. The summed E-state index contributed by atoms with van der Waals surface area (Å²) in [6, 6.07) is 3.58. The topological polar surface area (TPSA) is 74.5 Å². The highest BCUT2D eigenvalue weighted by molar-refractivity contribution is 5.81. The molecule has 1 atom stereocenters. The molecule has 0 aromatic carbocycles. The molecule has 3 N–H and O–H groups in total. The maximum Gasteiger partial charge on any atom is 0.237 e. The molecule has 1 aliphatic heterocycles. The Balaban J connectivity index is 1.90. The Morgan fingerprint density at radius 1 is 1.41 bits per heavy atom. The van der Waals surface area contributed by atoms with Gasteiger partial charge in [-0.15, -0.1) is 0 Å². The van der Waals surface area contributed by atoms with Gasteiger partial charge in [0.05, 0.1) is 6.04 Å². The molecule has 1 fully saturated rings. The Bertz CT molecular complexity index is 485. The Morgan fingerprint density at radius 3 is 2.82 bits per heavy atom. The molecule has 0 bridgehead atoms. The van der Waals surface area contributed by atoms with Gasteiger partial charge < -0.3 is 20.9 Å². The highest BCUT2D eigenvalue weighted by Crippen LogP contribution is 2.14. The lowest BCUT2D eigenvalue weighted by Gasteiger charge is -2.33. The first kappa shape index (κ1) is 16.7. The van der Waals surface area contributed by atoms with Crippen LogP contribution in [0, 0.1) is 0 Å². The van der Waals surface area contributed by atoms with Crippen LogP contribution in [0.15, 0.2) is 18.3 Å². The highest BCUT2D eigenvalue weighted by atomic mass is 16.2. The van der Waals surface area contributed by atoms with Crippen LogP contribution in [0.3, 0.4) is 0 Å². The molecule has 0 aliphatic carbocycles. The first-order valence-corrected chi connectivity index (χ1v) is 8.02. The number of hydrogen-bond acceptors (Lipinski definition) is 5.